The first kappa shape index (κ1) is 16.7. The van der Waals surface area contributed by atoms with Gasteiger partial charge in [-0.1, -0.05) is 0 Å². The van der Waals surface area contributed by atoms with Crippen molar-refractivity contribution in [1.29, 1.82) is 0 Å². The molecule has 0 heterocycles. The zero-order valence-electron chi connectivity index (χ0n) is 10.6. The predicted octanol–water partition coefficient (Wildman–Crippen LogP) is 1.00. The molecule has 0 aliphatic rings. The summed E-state index contributed by atoms with van der Waals surface area (Å²) in [7, 11) is -1.99. The van der Waals surface area contributed by atoms with Crippen molar-refractivity contribution in [3.05, 3.63) is 0 Å². The lowest BCUT2D eigenvalue weighted by molar-refractivity contribution is -0.140. The Bertz CT molecular complexity index is 316. The van der Waals surface area contributed by atoms with Crippen LogP contribution in [0.15, 0.2) is 0 Å². The Labute approximate surface area is 108 Å². The van der Waals surface area contributed by atoms with Gasteiger partial charge in [0.2, 0.25) is 10.0 Å². The summed E-state index contributed by atoms with van der Waals surface area (Å²) in [6, 6.07) is -0.0643. The van der Waals surface area contributed by atoms with Crippen LogP contribution in [0.3, 0.4) is 0 Å². The van der Waals surface area contributed by atoms with Gasteiger partial charge in [0, 0.05) is 12.5 Å². The average Bonchev–Trinajstić information content (AvgIpc) is 2.25. The Hall–Kier alpha value is -0.270. The number of thioether (sulfide) groups is 1. The molecule has 0 aliphatic heterocycles. The minimum atomic E-state index is -3.28. The van der Waals surface area contributed by atoms with E-state index in [2.05, 4.69) is 9.46 Å². The summed E-state index contributed by atoms with van der Waals surface area (Å²) in [6.45, 7) is 1.84. The van der Waals surface area contributed by atoms with Crippen LogP contribution in [0.25, 0.3) is 0 Å². The highest BCUT2D eigenvalue weighted by Gasteiger charge is 2.14. The van der Waals surface area contributed by atoms with E-state index in [4.69, 9.17) is 0 Å². The molecule has 0 spiro atoms. The first-order valence-corrected chi connectivity index (χ1v) is 8.51. The van der Waals surface area contributed by atoms with Crippen LogP contribution in [0.1, 0.15) is 26.2 Å². The van der Waals surface area contributed by atoms with Crippen molar-refractivity contribution in [3.63, 3.8) is 0 Å². The summed E-state index contributed by atoms with van der Waals surface area (Å²) >= 11 is 1.68. The zero-order chi connectivity index (χ0) is 13.3. The Morgan fingerprint density at radius 2 is 2.12 bits per heavy atom. The fraction of sp³-hybridized carbons (Fsp3) is 0.900. The maximum absolute atomic E-state index is 11.6. The van der Waals surface area contributed by atoms with Crippen molar-refractivity contribution in [2.45, 2.75) is 32.2 Å². The van der Waals surface area contributed by atoms with Crippen molar-refractivity contribution in [3.8, 4) is 0 Å². The fourth-order valence-electron chi connectivity index (χ4n) is 1.23. The van der Waals surface area contributed by atoms with Gasteiger partial charge in [-0.15, -0.1) is 0 Å². The van der Waals surface area contributed by atoms with E-state index in [9.17, 15) is 13.2 Å². The molecular formula is C10H21NO4S2. The van der Waals surface area contributed by atoms with Gasteiger partial charge in [-0.25, -0.2) is 13.1 Å². The number of ether oxygens (including phenoxy) is 1. The number of rotatable bonds is 9. The molecule has 0 saturated carbocycles. The molecule has 0 bridgehead atoms. The Kier molecular flexibility index (Phi) is 8.63. The van der Waals surface area contributed by atoms with Crippen molar-refractivity contribution >= 4 is 27.8 Å². The Morgan fingerprint density at radius 1 is 1.47 bits per heavy atom. The number of carbonyl (C=O) groups excluding carboxylic acids is 1. The van der Waals surface area contributed by atoms with Crippen LogP contribution in [0.4, 0.5) is 0 Å². The minimum absolute atomic E-state index is 0.0360. The van der Waals surface area contributed by atoms with Crippen LogP contribution < -0.4 is 4.72 Å². The molecule has 102 valence electrons. The number of esters is 1. The Balaban J connectivity index is 3.91. The number of nitrogens with one attached hydrogen (secondary N) is 1. The third-order valence-electron chi connectivity index (χ3n) is 2.16. The molecule has 1 N–H and O–H groups in total. The van der Waals surface area contributed by atoms with Gasteiger partial charge < -0.3 is 4.74 Å². The molecular weight excluding hydrogens is 262 g/mol. The minimum Gasteiger partial charge on any atom is -0.469 e. The number of carbonyl (C=O) groups is 1. The van der Waals surface area contributed by atoms with Crippen LogP contribution in [0, 0.1) is 0 Å². The summed E-state index contributed by atoms with van der Waals surface area (Å²) in [4.78, 5) is 10.8. The summed E-state index contributed by atoms with van der Waals surface area (Å²) in [6.07, 6.45) is 3.21. The van der Waals surface area contributed by atoms with Gasteiger partial charge in [0.25, 0.3) is 0 Å². The summed E-state index contributed by atoms with van der Waals surface area (Å²) in [5.41, 5.74) is 0. The van der Waals surface area contributed by atoms with Crippen LogP contribution >= 0.6 is 11.8 Å². The first-order valence-electron chi connectivity index (χ1n) is 5.47. The molecule has 0 radical (unpaired) electrons. The highest BCUT2D eigenvalue weighted by atomic mass is 32.2. The van der Waals surface area contributed by atoms with Crippen molar-refractivity contribution in [1.82, 2.24) is 4.72 Å². The highest BCUT2D eigenvalue weighted by molar-refractivity contribution is 7.98. The van der Waals surface area contributed by atoms with Crippen molar-refractivity contribution in [2.24, 2.45) is 0 Å². The molecule has 5 nitrogen and oxygen atoms in total. The van der Waals surface area contributed by atoms with Crippen LogP contribution in [-0.4, -0.2) is 45.3 Å². The molecule has 0 rings (SSSR count). The molecule has 0 aromatic heterocycles. The van der Waals surface area contributed by atoms with Gasteiger partial charge in [-0.2, -0.15) is 11.8 Å². The van der Waals surface area contributed by atoms with Gasteiger partial charge in [-0.05, 0) is 31.8 Å². The molecule has 0 aromatic carbocycles. The van der Waals surface area contributed by atoms with E-state index in [1.54, 1.807) is 11.8 Å². The molecule has 17 heavy (non-hydrogen) atoms. The van der Waals surface area contributed by atoms with E-state index in [1.165, 1.54) is 7.11 Å². The normalized spacial score (nSPS) is 13.4. The predicted molar refractivity (Wildman–Crippen MR) is 70.6 cm³/mol. The quantitative estimate of drug-likeness (QED) is 0.639. The largest absolute Gasteiger partial charge is 0.469 e. The third-order valence-corrected chi connectivity index (χ3v) is 4.39. The summed E-state index contributed by atoms with van der Waals surface area (Å²) in [5, 5.41) is 0. The zero-order valence-corrected chi connectivity index (χ0v) is 12.2. The second-order valence-electron chi connectivity index (χ2n) is 3.80. The first-order chi connectivity index (χ1) is 7.91. The lowest BCUT2D eigenvalue weighted by Gasteiger charge is -2.13. The van der Waals surface area contributed by atoms with Crippen LogP contribution in [-0.2, 0) is 19.6 Å². The maximum Gasteiger partial charge on any atom is 0.305 e. The smallest absolute Gasteiger partial charge is 0.305 e. The topological polar surface area (TPSA) is 72.5 Å². The van der Waals surface area contributed by atoms with Gasteiger partial charge in [0.15, 0.2) is 0 Å². The second-order valence-corrected chi connectivity index (χ2v) is 6.66. The number of hydrogen-bond donors (Lipinski definition) is 1. The van der Waals surface area contributed by atoms with Gasteiger partial charge >= 0.3 is 5.97 Å². The van der Waals surface area contributed by atoms with Crippen molar-refractivity contribution in [2.75, 3.05) is 24.9 Å². The van der Waals surface area contributed by atoms with Gasteiger partial charge in [-0.3, -0.25) is 4.79 Å². The lowest BCUT2D eigenvalue weighted by atomic mass is 10.3. The Morgan fingerprint density at radius 3 is 2.65 bits per heavy atom. The molecule has 0 amide bonds. The number of sulfonamides is 1. The van der Waals surface area contributed by atoms with Gasteiger partial charge in [0.05, 0.1) is 12.9 Å². The lowest BCUT2D eigenvalue weighted by Crippen LogP contribution is -2.34. The van der Waals surface area contributed by atoms with Crippen molar-refractivity contribution < 1.29 is 17.9 Å². The highest BCUT2D eigenvalue weighted by Crippen LogP contribution is 2.03. The van der Waals surface area contributed by atoms with Gasteiger partial charge in [0.1, 0.15) is 0 Å². The fourth-order valence-corrected chi connectivity index (χ4v) is 3.19. The molecule has 0 saturated heterocycles. The molecule has 0 fully saturated rings. The monoisotopic (exact) mass is 283 g/mol. The molecule has 0 aromatic rings. The summed E-state index contributed by atoms with van der Waals surface area (Å²) < 4.78 is 30.2. The van der Waals surface area contributed by atoms with E-state index in [-0.39, 0.29) is 30.6 Å². The SMILES string of the molecule is COC(=O)CCCS(=O)(=O)NC(C)CCSC. The maximum atomic E-state index is 11.6. The average molecular weight is 283 g/mol. The van der Waals surface area contributed by atoms with E-state index < -0.39 is 10.0 Å². The molecule has 1 unspecified atom stereocenters. The molecule has 7 heteroatoms. The number of hydrogen-bond acceptors (Lipinski definition) is 5. The van der Waals surface area contributed by atoms with E-state index in [0.717, 1.165) is 12.2 Å². The van der Waals surface area contributed by atoms with E-state index >= 15 is 0 Å². The number of methoxy groups -OCH3 is 1. The third kappa shape index (κ3) is 9.43. The molecule has 0 aliphatic carbocycles. The second kappa shape index (κ2) is 8.77. The standard InChI is InChI=1S/C10H21NO4S2/c1-9(6-7-16-3)11-17(13,14)8-4-5-10(12)15-2/h9,11H,4-8H2,1-3H3. The van der Waals surface area contributed by atoms with Crippen LogP contribution in [0.2, 0.25) is 0 Å². The summed E-state index contributed by atoms with van der Waals surface area (Å²) in [5.74, 6) is 0.507. The van der Waals surface area contributed by atoms with E-state index in [1.807, 2.05) is 13.2 Å². The van der Waals surface area contributed by atoms with E-state index in [0.29, 0.717) is 0 Å². The van der Waals surface area contributed by atoms with Crippen LogP contribution in [0.5, 0.6) is 0 Å². The molecule has 1 atom stereocenters.